The Morgan fingerprint density at radius 3 is 2.80 bits per heavy atom. The Balaban J connectivity index is 2.05. The molecule has 1 aromatic carbocycles. The highest BCUT2D eigenvalue weighted by atomic mass is 32.1. The number of thiazole rings is 1. The molecular formula is C14H17N3O2S. The minimum Gasteiger partial charge on any atom is -0.394 e. The largest absolute Gasteiger partial charge is 0.394 e. The van der Waals surface area contributed by atoms with Gasteiger partial charge in [0, 0.05) is 6.54 Å². The van der Waals surface area contributed by atoms with E-state index in [1.807, 2.05) is 37.3 Å². The number of hydrogen-bond donors (Lipinski definition) is 3. The number of hydrogen-bond acceptors (Lipinski definition) is 5. The highest BCUT2D eigenvalue weighted by Gasteiger charge is 2.16. The molecular weight excluding hydrogens is 274 g/mol. The third kappa shape index (κ3) is 3.55. The van der Waals surface area contributed by atoms with Gasteiger partial charge >= 0.3 is 0 Å². The minimum atomic E-state index is -0.409. The van der Waals surface area contributed by atoms with Crippen LogP contribution in [0.15, 0.2) is 36.5 Å². The van der Waals surface area contributed by atoms with Gasteiger partial charge in [0.05, 0.1) is 18.8 Å². The van der Waals surface area contributed by atoms with Gasteiger partial charge in [0.25, 0.3) is 5.91 Å². The van der Waals surface area contributed by atoms with Gasteiger partial charge in [-0.05, 0) is 12.5 Å². The van der Waals surface area contributed by atoms with Crippen molar-refractivity contribution in [2.75, 3.05) is 18.5 Å². The van der Waals surface area contributed by atoms with Crippen molar-refractivity contribution in [2.45, 2.75) is 13.0 Å². The molecule has 0 unspecified atom stereocenters. The molecule has 0 aliphatic carbocycles. The number of aliphatic hydroxyl groups is 1. The molecule has 106 valence electrons. The molecule has 20 heavy (non-hydrogen) atoms. The summed E-state index contributed by atoms with van der Waals surface area (Å²) in [5.41, 5.74) is 0.875. The Morgan fingerprint density at radius 2 is 2.15 bits per heavy atom. The van der Waals surface area contributed by atoms with Crippen LogP contribution in [0.4, 0.5) is 5.13 Å². The van der Waals surface area contributed by atoms with Crippen molar-refractivity contribution in [3.8, 4) is 0 Å². The zero-order valence-electron chi connectivity index (χ0n) is 11.2. The Morgan fingerprint density at radius 1 is 1.40 bits per heavy atom. The average Bonchev–Trinajstić information content (AvgIpc) is 2.94. The molecule has 2 aromatic rings. The molecule has 0 aliphatic heterocycles. The van der Waals surface area contributed by atoms with Crippen molar-refractivity contribution in [1.82, 2.24) is 10.3 Å². The topological polar surface area (TPSA) is 74.2 Å². The summed E-state index contributed by atoms with van der Waals surface area (Å²) in [4.78, 5) is 16.8. The van der Waals surface area contributed by atoms with Gasteiger partial charge in [-0.3, -0.25) is 4.79 Å². The van der Waals surface area contributed by atoms with Crippen LogP contribution < -0.4 is 10.6 Å². The second kappa shape index (κ2) is 7.02. The standard InChI is InChI=1S/C14H17N3O2S/c1-2-15-14-16-8-12(20-14)13(19)17-11(9-18)10-6-4-3-5-7-10/h3-8,11,18H,2,9H2,1H3,(H,15,16)(H,17,19)/t11-/m1/s1. The monoisotopic (exact) mass is 291 g/mol. The SMILES string of the molecule is CCNc1ncc(C(=O)N[C@H](CO)c2ccccc2)s1. The molecule has 0 aliphatic rings. The van der Waals surface area contributed by atoms with E-state index in [1.54, 1.807) is 0 Å². The van der Waals surface area contributed by atoms with E-state index in [-0.39, 0.29) is 12.5 Å². The van der Waals surface area contributed by atoms with Crippen molar-refractivity contribution < 1.29 is 9.90 Å². The van der Waals surface area contributed by atoms with Gasteiger partial charge in [0.15, 0.2) is 5.13 Å². The second-order valence-electron chi connectivity index (χ2n) is 4.18. The first-order valence-corrected chi connectivity index (χ1v) is 7.22. The third-order valence-electron chi connectivity index (χ3n) is 2.75. The number of benzene rings is 1. The van der Waals surface area contributed by atoms with E-state index in [2.05, 4.69) is 15.6 Å². The van der Waals surface area contributed by atoms with Crippen molar-refractivity contribution in [3.05, 3.63) is 47.0 Å². The van der Waals surface area contributed by atoms with Gasteiger partial charge in [-0.1, -0.05) is 41.7 Å². The molecule has 1 aromatic heterocycles. The van der Waals surface area contributed by atoms with Crippen LogP contribution >= 0.6 is 11.3 Å². The van der Waals surface area contributed by atoms with Crippen molar-refractivity contribution in [2.24, 2.45) is 0 Å². The average molecular weight is 291 g/mol. The molecule has 0 radical (unpaired) electrons. The first-order valence-electron chi connectivity index (χ1n) is 6.41. The molecule has 6 heteroatoms. The lowest BCUT2D eigenvalue weighted by Crippen LogP contribution is -2.30. The summed E-state index contributed by atoms with van der Waals surface area (Å²) in [6, 6.07) is 8.98. The van der Waals surface area contributed by atoms with E-state index in [4.69, 9.17) is 0 Å². The number of nitrogens with one attached hydrogen (secondary N) is 2. The second-order valence-corrected chi connectivity index (χ2v) is 5.21. The number of nitrogens with zero attached hydrogens (tertiary/aromatic N) is 1. The molecule has 0 saturated heterocycles. The predicted molar refractivity (Wildman–Crippen MR) is 80.0 cm³/mol. The summed E-state index contributed by atoms with van der Waals surface area (Å²) >= 11 is 1.30. The Hall–Kier alpha value is -1.92. The number of aliphatic hydroxyl groups excluding tert-OH is 1. The fourth-order valence-corrected chi connectivity index (χ4v) is 2.55. The predicted octanol–water partition coefficient (Wildman–Crippen LogP) is 2.04. The lowest BCUT2D eigenvalue weighted by atomic mass is 10.1. The molecule has 0 bridgehead atoms. The smallest absolute Gasteiger partial charge is 0.263 e. The van der Waals surface area contributed by atoms with Crippen LogP contribution in [0.3, 0.4) is 0 Å². The van der Waals surface area contributed by atoms with Crippen LogP contribution in [-0.4, -0.2) is 29.1 Å². The van der Waals surface area contributed by atoms with Crippen LogP contribution in [-0.2, 0) is 0 Å². The molecule has 5 nitrogen and oxygen atoms in total. The van der Waals surface area contributed by atoms with Gasteiger partial charge in [0.2, 0.25) is 0 Å². The van der Waals surface area contributed by atoms with Gasteiger partial charge in [-0.25, -0.2) is 4.98 Å². The summed E-state index contributed by atoms with van der Waals surface area (Å²) in [6.45, 7) is 2.59. The van der Waals surface area contributed by atoms with Gasteiger partial charge in [-0.2, -0.15) is 0 Å². The summed E-state index contributed by atoms with van der Waals surface area (Å²) in [6.07, 6.45) is 1.54. The highest BCUT2D eigenvalue weighted by Crippen LogP contribution is 2.19. The van der Waals surface area contributed by atoms with Gasteiger partial charge in [-0.15, -0.1) is 0 Å². The van der Waals surface area contributed by atoms with Crippen molar-refractivity contribution >= 4 is 22.4 Å². The number of amides is 1. The number of aromatic nitrogens is 1. The Kier molecular flexibility index (Phi) is 5.09. The molecule has 1 heterocycles. The maximum absolute atomic E-state index is 12.1. The minimum absolute atomic E-state index is 0.144. The van der Waals surface area contributed by atoms with Gasteiger partial charge < -0.3 is 15.7 Å². The summed E-state index contributed by atoms with van der Waals surface area (Å²) in [5.74, 6) is -0.227. The molecule has 1 atom stereocenters. The quantitative estimate of drug-likeness (QED) is 0.761. The van der Waals surface area contributed by atoms with E-state index in [9.17, 15) is 9.90 Å². The Labute approximate surface area is 121 Å². The molecule has 2 rings (SSSR count). The molecule has 0 fully saturated rings. The number of rotatable bonds is 6. The van der Waals surface area contributed by atoms with E-state index >= 15 is 0 Å². The molecule has 0 spiro atoms. The highest BCUT2D eigenvalue weighted by molar-refractivity contribution is 7.17. The maximum atomic E-state index is 12.1. The van der Waals surface area contributed by atoms with E-state index in [1.165, 1.54) is 17.5 Å². The van der Waals surface area contributed by atoms with Crippen molar-refractivity contribution in [1.29, 1.82) is 0 Å². The third-order valence-corrected chi connectivity index (χ3v) is 3.70. The van der Waals surface area contributed by atoms with E-state index in [0.29, 0.717) is 4.88 Å². The lowest BCUT2D eigenvalue weighted by Gasteiger charge is -2.15. The zero-order valence-corrected chi connectivity index (χ0v) is 12.0. The van der Waals surface area contributed by atoms with E-state index < -0.39 is 6.04 Å². The van der Waals surface area contributed by atoms with Crippen LogP contribution in [0.25, 0.3) is 0 Å². The Bertz CT molecular complexity index is 557. The fourth-order valence-electron chi connectivity index (χ4n) is 1.76. The maximum Gasteiger partial charge on any atom is 0.263 e. The van der Waals surface area contributed by atoms with Crippen LogP contribution in [0.1, 0.15) is 28.2 Å². The van der Waals surface area contributed by atoms with Crippen LogP contribution in [0, 0.1) is 0 Å². The van der Waals surface area contributed by atoms with Crippen LogP contribution in [0.2, 0.25) is 0 Å². The fraction of sp³-hybridized carbons (Fsp3) is 0.286. The first-order chi connectivity index (χ1) is 9.74. The first kappa shape index (κ1) is 14.5. The number of carbonyl (C=O) groups is 1. The molecule has 0 saturated carbocycles. The summed E-state index contributed by atoms with van der Waals surface area (Å²) < 4.78 is 0. The van der Waals surface area contributed by atoms with E-state index in [0.717, 1.165) is 17.2 Å². The lowest BCUT2D eigenvalue weighted by molar-refractivity contribution is 0.0920. The van der Waals surface area contributed by atoms with Crippen molar-refractivity contribution in [3.63, 3.8) is 0 Å². The number of carbonyl (C=O) groups excluding carboxylic acids is 1. The zero-order chi connectivity index (χ0) is 14.4. The van der Waals surface area contributed by atoms with Crippen LogP contribution in [0.5, 0.6) is 0 Å². The van der Waals surface area contributed by atoms with Gasteiger partial charge in [0.1, 0.15) is 4.88 Å². The summed E-state index contributed by atoms with van der Waals surface area (Å²) in [5, 5.41) is 16.0. The molecule has 1 amide bonds. The number of anilines is 1. The molecule has 3 N–H and O–H groups in total. The summed E-state index contributed by atoms with van der Waals surface area (Å²) in [7, 11) is 0. The normalized spacial score (nSPS) is 11.9.